The van der Waals surface area contributed by atoms with Crippen LogP contribution in [0.3, 0.4) is 0 Å². The Labute approximate surface area is 151 Å². The molecule has 0 bridgehead atoms. The van der Waals surface area contributed by atoms with Gasteiger partial charge < -0.3 is 15.2 Å². The third-order valence-corrected chi connectivity index (χ3v) is 4.23. The highest BCUT2D eigenvalue weighted by Gasteiger charge is 2.14. The molecule has 0 aromatic heterocycles. The molecule has 0 aliphatic rings. The minimum atomic E-state index is -1.04. The predicted molar refractivity (Wildman–Crippen MR) is 101 cm³/mol. The Kier molecular flexibility index (Phi) is 6.47. The van der Waals surface area contributed by atoms with Crippen molar-refractivity contribution in [3.05, 3.63) is 58.7 Å². The van der Waals surface area contributed by atoms with Crippen LogP contribution < -0.4 is 10.1 Å². The van der Waals surface area contributed by atoms with E-state index in [1.807, 2.05) is 30.5 Å². The van der Waals surface area contributed by atoms with E-state index in [2.05, 4.69) is 5.32 Å². The number of carbonyl (C=O) groups is 2. The Balaban J connectivity index is 2.21. The van der Waals surface area contributed by atoms with Gasteiger partial charge in [-0.15, -0.1) is 0 Å². The number of aliphatic carboxylic acids is 1. The highest BCUT2D eigenvalue weighted by molar-refractivity contribution is 7.97. The van der Waals surface area contributed by atoms with Crippen molar-refractivity contribution in [2.24, 2.45) is 0 Å². The Morgan fingerprint density at radius 1 is 1.16 bits per heavy atom. The number of carboxylic acids is 1. The summed E-state index contributed by atoms with van der Waals surface area (Å²) in [4.78, 5) is 23.3. The fourth-order valence-corrected chi connectivity index (χ4v) is 3.12. The van der Waals surface area contributed by atoms with Crippen LogP contribution in [0.4, 0.5) is 5.69 Å². The van der Waals surface area contributed by atoms with Crippen molar-refractivity contribution in [3.8, 4) is 5.75 Å². The second kappa shape index (κ2) is 8.58. The number of ether oxygens (including phenoxy) is 1. The number of hydrogen-bond donors (Lipinski definition) is 2. The fourth-order valence-electron chi connectivity index (χ4n) is 2.56. The van der Waals surface area contributed by atoms with E-state index in [4.69, 9.17) is 9.84 Å². The molecule has 0 aliphatic carbocycles. The van der Waals surface area contributed by atoms with Gasteiger partial charge in [0.15, 0.2) is 6.61 Å². The van der Waals surface area contributed by atoms with E-state index < -0.39 is 12.6 Å². The van der Waals surface area contributed by atoms with Crippen molar-refractivity contribution >= 4 is 29.3 Å². The summed E-state index contributed by atoms with van der Waals surface area (Å²) in [5.74, 6) is 0.0773. The Morgan fingerprint density at radius 2 is 1.80 bits per heavy atom. The van der Waals surface area contributed by atoms with Crippen molar-refractivity contribution in [3.63, 3.8) is 0 Å². The second-order valence-corrected chi connectivity index (χ2v) is 6.53. The molecule has 0 unspecified atom stereocenters. The molecule has 0 spiro atoms. The van der Waals surface area contributed by atoms with Gasteiger partial charge in [0.05, 0.1) is 0 Å². The van der Waals surface area contributed by atoms with Crippen LogP contribution in [0, 0.1) is 13.8 Å². The lowest BCUT2D eigenvalue weighted by molar-refractivity contribution is -0.139. The van der Waals surface area contributed by atoms with Crippen LogP contribution in [0.1, 0.15) is 27.0 Å². The average Bonchev–Trinajstić information content (AvgIpc) is 2.55. The van der Waals surface area contributed by atoms with Crippen LogP contribution in [-0.2, 0) is 10.5 Å². The summed E-state index contributed by atoms with van der Waals surface area (Å²) in [6, 6.07) is 11.1. The van der Waals surface area contributed by atoms with Crippen molar-refractivity contribution in [2.75, 3.05) is 18.2 Å². The summed E-state index contributed by atoms with van der Waals surface area (Å²) in [5.41, 5.74) is 3.82. The first-order chi connectivity index (χ1) is 11.9. The molecule has 2 rings (SSSR count). The topological polar surface area (TPSA) is 75.6 Å². The van der Waals surface area contributed by atoms with Crippen LogP contribution in [-0.4, -0.2) is 29.8 Å². The molecule has 0 aliphatic heterocycles. The number of carbonyl (C=O) groups excluding carboxylic acids is 1. The van der Waals surface area contributed by atoms with Gasteiger partial charge in [-0.2, -0.15) is 11.8 Å². The molecule has 5 nitrogen and oxygen atoms in total. The second-order valence-electron chi connectivity index (χ2n) is 5.67. The third kappa shape index (κ3) is 5.00. The molecule has 0 saturated carbocycles. The maximum atomic E-state index is 12.6. The van der Waals surface area contributed by atoms with Crippen LogP contribution in [0.2, 0.25) is 0 Å². The zero-order valence-electron chi connectivity index (χ0n) is 14.5. The number of aryl methyl sites for hydroxylation is 2. The van der Waals surface area contributed by atoms with Gasteiger partial charge in [0.25, 0.3) is 5.91 Å². The number of anilines is 1. The molecule has 6 heteroatoms. The van der Waals surface area contributed by atoms with Gasteiger partial charge in [0, 0.05) is 17.0 Å². The van der Waals surface area contributed by atoms with E-state index in [1.54, 1.807) is 37.7 Å². The van der Waals surface area contributed by atoms with Crippen molar-refractivity contribution in [1.82, 2.24) is 0 Å². The van der Waals surface area contributed by atoms with Gasteiger partial charge in [-0.25, -0.2) is 4.79 Å². The van der Waals surface area contributed by atoms with E-state index >= 15 is 0 Å². The Morgan fingerprint density at radius 3 is 2.40 bits per heavy atom. The number of hydrogen-bond acceptors (Lipinski definition) is 4. The fraction of sp³-hybridized carbons (Fsp3) is 0.263. The lowest BCUT2D eigenvalue weighted by Gasteiger charge is -2.14. The molecule has 0 saturated heterocycles. The quantitative estimate of drug-likeness (QED) is 0.784. The number of para-hydroxylation sites is 1. The van der Waals surface area contributed by atoms with Crippen LogP contribution in [0.15, 0.2) is 36.4 Å². The van der Waals surface area contributed by atoms with Gasteiger partial charge in [-0.1, -0.05) is 18.2 Å². The number of thioether (sulfide) groups is 1. The van der Waals surface area contributed by atoms with E-state index in [0.717, 1.165) is 28.1 Å². The minimum Gasteiger partial charge on any atom is -0.481 e. The zero-order chi connectivity index (χ0) is 18.4. The summed E-state index contributed by atoms with van der Waals surface area (Å²) in [6.07, 6.45) is 2.02. The lowest BCUT2D eigenvalue weighted by atomic mass is 10.0. The molecule has 2 N–H and O–H groups in total. The monoisotopic (exact) mass is 359 g/mol. The molecule has 2 aromatic rings. The highest BCUT2D eigenvalue weighted by Crippen LogP contribution is 2.26. The summed E-state index contributed by atoms with van der Waals surface area (Å²) < 4.78 is 5.30. The smallest absolute Gasteiger partial charge is 0.341 e. The molecular formula is C19H21NO4S. The normalized spacial score (nSPS) is 10.4. The number of nitrogens with one attached hydrogen (secondary N) is 1. The number of rotatable bonds is 7. The van der Waals surface area contributed by atoms with Crippen molar-refractivity contribution in [1.29, 1.82) is 0 Å². The molecule has 25 heavy (non-hydrogen) atoms. The molecule has 0 heterocycles. The predicted octanol–water partition coefficient (Wildman–Crippen LogP) is 3.88. The van der Waals surface area contributed by atoms with Gasteiger partial charge in [0.2, 0.25) is 0 Å². The Bertz CT molecular complexity index is 766. The summed E-state index contributed by atoms with van der Waals surface area (Å²) in [5, 5.41) is 11.7. The highest BCUT2D eigenvalue weighted by atomic mass is 32.2. The van der Waals surface area contributed by atoms with Crippen LogP contribution in [0.5, 0.6) is 5.75 Å². The molecule has 132 valence electrons. The van der Waals surface area contributed by atoms with E-state index in [-0.39, 0.29) is 5.91 Å². The van der Waals surface area contributed by atoms with Crippen LogP contribution >= 0.6 is 11.8 Å². The standard InChI is InChI=1S/C19H21NO4S/c1-12-8-15(9-13(2)18(12)24-10-17(21)22)19(23)20-16-7-5-4-6-14(16)11-25-3/h4-9H,10-11H2,1-3H3,(H,20,23)(H,21,22). The first kappa shape index (κ1) is 18.9. The molecule has 0 radical (unpaired) electrons. The van der Waals surface area contributed by atoms with Crippen LogP contribution in [0.25, 0.3) is 0 Å². The maximum absolute atomic E-state index is 12.6. The summed E-state index contributed by atoms with van der Waals surface area (Å²) >= 11 is 1.69. The van der Waals surface area contributed by atoms with E-state index in [0.29, 0.717) is 11.3 Å². The van der Waals surface area contributed by atoms with Gasteiger partial charge in [-0.3, -0.25) is 4.79 Å². The third-order valence-electron chi connectivity index (χ3n) is 3.63. The number of amides is 1. The van der Waals surface area contributed by atoms with Gasteiger partial charge in [-0.05, 0) is 55.0 Å². The molecular weight excluding hydrogens is 338 g/mol. The first-order valence-electron chi connectivity index (χ1n) is 7.76. The van der Waals surface area contributed by atoms with Gasteiger partial charge in [0.1, 0.15) is 5.75 Å². The van der Waals surface area contributed by atoms with Crippen molar-refractivity contribution < 1.29 is 19.4 Å². The van der Waals surface area contributed by atoms with Gasteiger partial charge >= 0.3 is 5.97 Å². The summed E-state index contributed by atoms with van der Waals surface area (Å²) in [7, 11) is 0. The molecule has 1 amide bonds. The molecule has 0 fully saturated rings. The van der Waals surface area contributed by atoms with Crippen molar-refractivity contribution in [2.45, 2.75) is 19.6 Å². The zero-order valence-corrected chi connectivity index (χ0v) is 15.3. The van der Waals surface area contributed by atoms with E-state index in [9.17, 15) is 9.59 Å². The lowest BCUT2D eigenvalue weighted by Crippen LogP contribution is -2.15. The number of carboxylic acid groups (broad SMARTS) is 1. The first-order valence-corrected chi connectivity index (χ1v) is 9.15. The largest absolute Gasteiger partial charge is 0.481 e. The van der Waals surface area contributed by atoms with E-state index in [1.165, 1.54) is 0 Å². The molecule has 0 atom stereocenters. The average molecular weight is 359 g/mol. The SMILES string of the molecule is CSCc1ccccc1NC(=O)c1cc(C)c(OCC(=O)O)c(C)c1. The summed E-state index contributed by atoms with van der Waals surface area (Å²) in [6.45, 7) is 3.18. The maximum Gasteiger partial charge on any atom is 0.341 e. The number of benzene rings is 2. The minimum absolute atomic E-state index is 0.204. The Hall–Kier alpha value is -2.47. The molecule has 2 aromatic carbocycles.